The van der Waals surface area contributed by atoms with Gasteiger partial charge < -0.3 is 15.1 Å². The number of hydrogen-bond acceptors (Lipinski definition) is 5. The van der Waals surface area contributed by atoms with Gasteiger partial charge in [0.15, 0.2) is 11.5 Å². The van der Waals surface area contributed by atoms with E-state index in [9.17, 15) is 4.79 Å². The zero-order valence-corrected chi connectivity index (χ0v) is 16.6. The molecular weight excluding hydrogens is 352 g/mol. The summed E-state index contributed by atoms with van der Waals surface area (Å²) in [5, 5.41) is 2.96. The number of carbonyl (C=O) groups is 1. The van der Waals surface area contributed by atoms with Crippen LogP contribution >= 0.6 is 0 Å². The van der Waals surface area contributed by atoms with Crippen LogP contribution in [0.1, 0.15) is 23.2 Å². The molecule has 146 valence electrons. The normalized spacial score (nSPS) is 13.9. The third kappa shape index (κ3) is 3.71. The number of benzene rings is 1. The van der Waals surface area contributed by atoms with Gasteiger partial charge in [0.2, 0.25) is 0 Å². The predicted octanol–water partition coefficient (Wildman–Crippen LogP) is 2.29. The fourth-order valence-electron chi connectivity index (χ4n) is 3.32. The van der Waals surface area contributed by atoms with Crippen LogP contribution in [0.2, 0.25) is 0 Å². The van der Waals surface area contributed by atoms with E-state index in [0.29, 0.717) is 18.2 Å². The quantitative estimate of drug-likeness (QED) is 0.683. The van der Waals surface area contributed by atoms with Crippen LogP contribution in [0.5, 0.6) is 0 Å². The van der Waals surface area contributed by atoms with E-state index in [2.05, 4.69) is 27.2 Å². The second-order valence-electron chi connectivity index (χ2n) is 7.57. The molecule has 2 heterocycles. The maximum atomic E-state index is 12.5. The molecule has 0 spiro atoms. The van der Waals surface area contributed by atoms with Crippen LogP contribution < -0.4 is 10.2 Å². The van der Waals surface area contributed by atoms with Gasteiger partial charge in [0.1, 0.15) is 0 Å². The summed E-state index contributed by atoms with van der Waals surface area (Å²) >= 11 is 0. The smallest absolute Gasteiger partial charge is 0.251 e. The van der Waals surface area contributed by atoms with E-state index in [4.69, 9.17) is 0 Å². The first kappa shape index (κ1) is 18.4. The lowest BCUT2D eigenvalue weighted by atomic mass is 10.1. The maximum Gasteiger partial charge on any atom is 0.251 e. The molecule has 1 saturated carbocycles. The summed E-state index contributed by atoms with van der Waals surface area (Å²) in [6.45, 7) is 1.43. The molecular formula is C21H26N6O. The number of fused-ring (bicyclic) bond motifs is 1. The Bertz CT molecular complexity index is 991. The van der Waals surface area contributed by atoms with Crippen molar-refractivity contribution >= 4 is 17.4 Å². The highest BCUT2D eigenvalue weighted by atomic mass is 16.1. The number of nitrogens with zero attached hydrogens (tertiary/aromatic N) is 5. The van der Waals surface area contributed by atoms with Crippen LogP contribution in [-0.4, -0.2) is 65.5 Å². The number of rotatable bonds is 7. The Morgan fingerprint density at radius 1 is 1.25 bits per heavy atom. The van der Waals surface area contributed by atoms with Crippen molar-refractivity contribution in [1.29, 1.82) is 0 Å². The van der Waals surface area contributed by atoms with Gasteiger partial charge in [0.05, 0.1) is 11.9 Å². The number of aromatic nitrogens is 3. The fraction of sp³-hybridized carbons (Fsp3) is 0.381. The van der Waals surface area contributed by atoms with Crippen molar-refractivity contribution in [1.82, 2.24) is 24.6 Å². The van der Waals surface area contributed by atoms with Crippen molar-refractivity contribution in [3.8, 4) is 11.3 Å². The Balaban J connectivity index is 1.62. The summed E-state index contributed by atoms with van der Waals surface area (Å²) in [6, 6.07) is 8.23. The molecule has 7 heteroatoms. The lowest BCUT2D eigenvalue weighted by Gasteiger charge is -2.17. The van der Waals surface area contributed by atoms with E-state index < -0.39 is 0 Å². The Labute approximate surface area is 165 Å². The summed E-state index contributed by atoms with van der Waals surface area (Å²) in [5.74, 6) is 0.835. The number of hydrogen-bond donors (Lipinski definition) is 1. The zero-order chi connectivity index (χ0) is 19.7. The van der Waals surface area contributed by atoms with Crippen LogP contribution in [0.15, 0.2) is 42.9 Å². The molecule has 28 heavy (non-hydrogen) atoms. The van der Waals surface area contributed by atoms with E-state index in [0.717, 1.165) is 29.3 Å². The minimum atomic E-state index is -0.0617. The van der Waals surface area contributed by atoms with Gasteiger partial charge in [0, 0.05) is 49.7 Å². The molecule has 0 unspecified atom stereocenters. The molecule has 1 aliphatic carbocycles. The van der Waals surface area contributed by atoms with Crippen molar-refractivity contribution in [3.63, 3.8) is 0 Å². The number of carbonyl (C=O) groups excluding carboxylic acids is 1. The highest BCUT2D eigenvalue weighted by Crippen LogP contribution is 2.32. The number of anilines is 1. The molecule has 0 saturated heterocycles. The molecule has 1 aromatic carbocycles. The molecule has 4 rings (SSSR count). The average Bonchev–Trinajstić information content (AvgIpc) is 3.45. The van der Waals surface area contributed by atoms with Gasteiger partial charge in [-0.15, -0.1) is 0 Å². The number of amides is 1. The molecule has 0 atom stereocenters. The minimum absolute atomic E-state index is 0.0617. The standard InChI is InChI=1S/C21H26N6O/c1-25(2)11-9-23-21(28)16-6-4-5-15(13-16)18-14-24-20-19(22-10-12-27(18)20)26(3)17-7-8-17/h4-6,10,12-14,17H,7-9,11H2,1-3H3,(H,23,28). The molecule has 1 aliphatic rings. The lowest BCUT2D eigenvalue weighted by molar-refractivity contribution is 0.0951. The van der Waals surface area contributed by atoms with Gasteiger partial charge >= 0.3 is 0 Å². The first-order valence-corrected chi connectivity index (χ1v) is 9.63. The summed E-state index contributed by atoms with van der Waals surface area (Å²) < 4.78 is 2.05. The summed E-state index contributed by atoms with van der Waals surface area (Å²) in [7, 11) is 6.05. The van der Waals surface area contributed by atoms with Crippen molar-refractivity contribution < 1.29 is 4.79 Å². The molecule has 0 bridgehead atoms. The van der Waals surface area contributed by atoms with E-state index >= 15 is 0 Å². The second kappa shape index (κ2) is 7.59. The van der Waals surface area contributed by atoms with Crippen molar-refractivity contribution in [2.24, 2.45) is 0 Å². The third-order valence-corrected chi connectivity index (χ3v) is 5.10. The minimum Gasteiger partial charge on any atom is -0.354 e. The largest absolute Gasteiger partial charge is 0.354 e. The van der Waals surface area contributed by atoms with E-state index in [1.54, 1.807) is 0 Å². The van der Waals surface area contributed by atoms with Crippen molar-refractivity contribution in [2.75, 3.05) is 39.1 Å². The summed E-state index contributed by atoms with van der Waals surface area (Å²) in [5.41, 5.74) is 3.40. The van der Waals surface area contributed by atoms with Gasteiger partial charge in [-0.2, -0.15) is 0 Å². The van der Waals surface area contributed by atoms with Gasteiger partial charge in [-0.3, -0.25) is 9.20 Å². The van der Waals surface area contributed by atoms with Crippen LogP contribution in [0, 0.1) is 0 Å². The number of imidazole rings is 1. The predicted molar refractivity (Wildman–Crippen MR) is 111 cm³/mol. The Kier molecular flexibility index (Phi) is 5.00. The van der Waals surface area contributed by atoms with Gasteiger partial charge in [-0.25, -0.2) is 9.97 Å². The molecule has 3 aromatic rings. The Morgan fingerprint density at radius 3 is 2.82 bits per heavy atom. The zero-order valence-electron chi connectivity index (χ0n) is 16.6. The summed E-state index contributed by atoms with van der Waals surface area (Å²) in [4.78, 5) is 25.9. The van der Waals surface area contributed by atoms with Crippen molar-refractivity contribution in [3.05, 3.63) is 48.4 Å². The van der Waals surface area contributed by atoms with E-state index in [1.807, 2.05) is 66.3 Å². The van der Waals surface area contributed by atoms with Crippen LogP contribution in [-0.2, 0) is 0 Å². The SMILES string of the molecule is CN(C)CCNC(=O)c1cccc(-c2cnc3c(N(C)C4CC4)nccn23)c1. The van der Waals surface area contributed by atoms with Crippen LogP contribution in [0.25, 0.3) is 16.9 Å². The fourth-order valence-corrected chi connectivity index (χ4v) is 3.32. The average molecular weight is 378 g/mol. The highest BCUT2D eigenvalue weighted by Gasteiger charge is 2.29. The Hall–Kier alpha value is -2.93. The number of likely N-dealkylation sites (N-methyl/N-ethyl adjacent to an activating group) is 1. The molecule has 1 N–H and O–H groups in total. The van der Waals surface area contributed by atoms with Crippen molar-refractivity contribution in [2.45, 2.75) is 18.9 Å². The lowest BCUT2D eigenvalue weighted by Crippen LogP contribution is -2.31. The highest BCUT2D eigenvalue weighted by molar-refractivity contribution is 5.95. The van der Waals surface area contributed by atoms with Gasteiger partial charge in [0.25, 0.3) is 5.91 Å². The molecule has 7 nitrogen and oxygen atoms in total. The third-order valence-electron chi connectivity index (χ3n) is 5.10. The molecule has 2 aromatic heterocycles. The monoisotopic (exact) mass is 378 g/mol. The van der Waals surface area contributed by atoms with Crippen LogP contribution in [0.3, 0.4) is 0 Å². The summed E-state index contributed by atoms with van der Waals surface area (Å²) in [6.07, 6.45) is 8.00. The van der Waals surface area contributed by atoms with Gasteiger partial charge in [-0.05, 0) is 39.1 Å². The van der Waals surface area contributed by atoms with E-state index in [-0.39, 0.29) is 5.91 Å². The topological polar surface area (TPSA) is 65.8 Å². The molecule has 1 fully saturated rings. The van der Waals surface area contributed by atoms with E-state index in [1.165, 1.54) is 12.8 Å². The first-order valence-electron chi connectivity index (χ1n) is 9.63. The maximum absolute atomic E-state index is 12.5. The second-order valence-corrected chi connectivity index (χ2v) is 7.57. The molecule has 0 radical (unpaired) electrons. The first-order chi connectivity index (χ1) is 13.5. The van der Waals surface area contributed by atoms with Crippen LogP contribution in [0.4, 0.5) is 5.82 Å². The molecule has 1 amide bonds. The van der Waals surface area contributed by atoms with Gasteiger partial charge in [-0.1, -0.05) is 12.1 Å². The Morgan fingerprint density at radius 2 is 2.07 bits per heavy atom. The number of nitrogens with one attached hydrogen (secondary N) is 1. The molecule has 0 aliphatic heterocycles.